The second-order valence-electron chi connectivity index (χ2n) is 6.32. The van der Waals surface area contributed by atoms with Gasteiger partial charge in [-0.05, 0) is 19.8 Å². The molecule has 1 rings (SSSR count). The van der Waals surface area contributed by atoms with Crippen molar-refractivity contribution in [2.45, 2.75) is 45.4 Å². The molecule has 0 aromatic rings. The Bertz CT molecular complexity index is 244. The van der Waals surface area contributed by atoms with E-state index in [1.54, 1.807) is 14.2 Å². The van der Waals surface area contributed by atoms with Crippen molar-refractivity contribution in [3.05, 3.63) is 0 Å². The summed E-state index contributed by atoms with van der Waals surface area (Å²) in [5.41, 5.74) is 0.177. The molecule has 0 spiro atoms. The predicted octanol–water partition coefficient (Wildman–Crippen LogP) is 1.36. The van der Waals surface area contributed by atoms with Crippen molar-refractivity contribution in [1.29, 1.82) is 0 Å². The van der Waals surface area contributed by atoms with Gasteiger partial charge in [0.25, 0.3) is 0 Å². The summed E-state index contributed by atoms with van der Waals surface area (Å²) < 4.78 is 10.7. The van der Waals surface area contributed by atoms with Gasteiger partial charge in [-0.1, -0.05) is 13.8 Å². The highest BCUT2D eigenvalue weighted by atomic mass is 16.5. The van der Waals surface area contributed by atoms with Crippen LogP contribution in [0.5, 0.6) is 0 Å². The van der Waals surface area contributed by atoms with Crippen molar-refractivity contribution in [3.63, 3.8) is 0 Å². The molecule has 0 aromatic heterocycles. The maximum atomic E-state index is 5.50. The molecule has 2 atom stereocenters. The van der Waals surface area contributed by atoms with Crippen LogP contribution in [0.15, 0.2) is 0 Å². The first-order valence-corrected chi connectivity index (χ1v) is 6.90. The van der Waals surface area contributed by atoms with Crippen LogP contribution in [0.1, 0.15) is 27.7 Å². The summed E-state index contributed by atoms with van der Waals surface area (Å²) in [4.78, 5) is 2.55. The molecule has 18 heavy (non-hydrogen) atoms. The average molecular weight is 258 g/mol. The molecule has 1 aliphatic rings. The molecule has 108 valence electrons. The minimum atomic E-state index is 0.158. The SMILES string of the molecule is COCC(CN1CC(C)(C)NCC1C(C)C)OC. The molecule has 4 nitrogen and oxygen atoms in total. The van der Waals surface area contributed by atoms with E-state index in [0.717, 1.165) is 19.6 Å². The Balaban J connectivity index is 2.66. The predicted molar refractivity (Wildman–Crippen MR) is 75.0 cm³/mol. The largest absolute Gasteiger partial charge is 0.382 e. The van der Waals surface area contributed by atoms with Crippen LogP contribution in [0.3, 0.4) is 0 Å². The Morgan fingerprint density at radius 3 is 2.50 bits per heavy atom. The molecule has 0 bridgehead atoms. The van der Waals surface area contributed by atoms with Crippen LogP contribution < -0.4 is 5.32 Å². The maximum Gasteiger partial charge on any atom is 0.0931 e. The summed E-state index contributed by atoms with van der Waals surface area (Å²) in [5, 5.41) is 3.63. The number of nitrogens with zero attached hydrogens (tertiary/aromatic N) is 1. The number of ether oxygens (including phenoxy) is 2. The summed E-state index contributed by atoms with van der Waals surface area (Å²) in [5.74, 6) is 0.647. The molecular weight excluding hydrogens is 228 g/mol. The van der Waals surface area contributed by atoms with Gasteiger partial charge in [-0.25, -0.2) is 0 Å². The van der Waals surface area contributed by atoms with E-state index in [4.69, 9.17) is 9.47 Å². The zero-order valence-electron chi connectivity index (χ0n) is 12.8. The zero-order chi connectivity index (χ0) is 13.8. The monoisotopic (exact) mass is 258 g/mol. The Morgan fingerprint density at radius 1 is 1.33 bits per heavy atom. The third-order valence-corrected chi connectivity index (χ3v) is 3.75. The van der Waals surface area contributed by atoms with Crippen LogP contribution in [0, 0.1) is 5.92 Å². The lowest BCUT2D eigenvalue weighted by molar-refractivity contribution is -0.0240. The van der Waals surface area contributed by atoms with Crippen LogP contribution in [0.4, 0.5) is 0 Å². The van der Waals surface area contributed by atoms with E-state index in [1.807, 2.05) is 0 Å². The topological polar surface area (TPSA) is 33.7 Å². The smallest absolute Gasteiger partial charge is 0.0931 e. The summed E-state index contributed by atoms with van der Waals surface area (Å²) >= 11 is 0. The average Bonchev–Trinajstić information content (AvgIpc) is 2.26. The van der Waals surface area contributed by atoms with Gasteiger partial charge < -0.3 is 14.8 Å². The fourth-order valence-corrected chi connectivity index (χ4v) is 2.69. The van der Waals surface area contributed by atoms with Crippen molar-refractivity contribution in [2.24, 2.45) is 5.92 Å². The molecule has 2 unspecified atom stereocenters. The van der Waals surface area contributed by atoms with Crippen LogP contribution in [0.25, 0.3) is 0 Å². The summed E-state index contributed by atoms with van der Waals surface area (Å²) in [6, 6.07) is 0.576. The Labute approximate surface area is 112 Å². The molecule has 1 heterocycles. The van der Waals surface area contributed by atoms with E-state index in [0.29, 0.717) is 18.6 Å². The van der Waals surface area contributed by atoms with Crippen molar-refractivity contribution >= 4 is 0 Å². The molecule has 1 aliphatic heterocycles. The van der Waals surface area contributed by atoms with E-state index < -0.39 is 0 Å². The minimum absolute atomic E-state index is 0.158. The maximum absolute atomic E-state index is 5.50. The number of rotatable bonds is 6. The number of nitrogens with one attached hydrogen (secondary N) is 1. The lowest BCUT2D eigenvalue weighted by atomic mass is 9.93. The van der Waals surface area contributed by atoms with E-state index in [2.05, 4.69) is 37.9 Å². The van der Waals surface area contributed by atoms with Crippen molar-refractivity contribution in [3.8, 4) is 0 Å². The fraction of sp³-hybridized carbons (Fsp3) is 1.00. The van der Waals surface area contributed by atoms with Crippen molar-refractivity contribution in [1.82, 2.24) is 10.2 Å². The number of hydrogen-bond acceptors (Lipinski definition) is 4. The van der Waals surface area contributed by atoms with E-state index in [9.17, 15) is 0 Å². The first kappa shape index (κ1) is 15.9. The Morgan fingerprint density at radius 2 is 2.00 bits per heavy atom. The van der Waals surface area contributed by atoms with Crippen LogP contribution in [0.2, 0.25) is 0 Å². The Hall–Kier alpha value is -0.160. The van der Waals surface area contributed by atoms with Crippen LogP contribution >= 0.6 is 0 Å². The van der Waals surface area contributed by atoms with Crippen LogP contribution in [-0.2, 0) is 9.47 Å². The standard InChI is InChI=1S/C14H30N2O2/c1-11(2)13-7-15-14(3,4)10-16(13)8-12(18-6)9-17-5/h11-13,15H,7-10H2,1-6H3. The third kappa shape index (κ3) is 4.50. The van der Waals surface area contributed by atoms with E-state index >= 15 is 0 Å². The second-order valence-corrected chi connectivity index (χ2v) is 6.32. The third-order valence-electron chi connectivity index (χ3n) is 3.75. The van der Waals surface area contributed by atoms with Gasteiger partial charge in [0.15, 0.2) is 0 Å². The molecule has 1 fully saturated rings. The molecule has 1 saturated heterocycles. The lowest BCUT2D eigenvalue weighted by Crippen LogP contribution is -2.64. The highest BCUT2D eigenvalue weighted by Crippen LogP contribution is 2.20. The van der Waals surface area contributed by atoms with Crippen LogP contribution in [-0.4, -0.2) is 63.0 Å². The fourth-order valence-electron chi connectivity index (χ4n) is 2.69. The second kappa shape index (κ2) is 6.85. The van der Waals surface area contributed by atoms with Gasteiger partial charge in [0.2, 0.25) is 0 Å². The first-order valence-electron chi connectivity index (χ1n) is 6.90. The highest BCUT2D eigenvalue weighted by molar-refractivity contribution is 4.94. The molecule has 0 amide bonds. The van der Waals surface area contributed by atoms with E-state index in [1.165, 1.54) is 0 Å². The number of hydrogen-bond donors (Lipinski definition) is 1. The Kier molecular flexibility index (Phi) is 6.05. The number of methoxy groups -OCH3 is 2. The summed E-state index contributed by atoms with van der Waals surface area (Å²) in [6.45, 7) is 12.8. The lowest BCUT2D eigenvalue weighted by Gasteiger charge is -2.47. The van der Waals surface area contributed by atoms with Crippen molar-refractivity contribution in [2.75, 3.05) is 40.5 Å². The number of piperazine rings is 1. The van der Waals surface area contributed by atoms with Gasteiger partial charge in [-0.2, -0.15) is 0 Å². The van der Waals surface area contributed by atoms with Gasteiger partial charge in [-0.15, -0.1) is 0 Å². The van der Waals surface area contributed by atoms with Gasteiger partial charge >= 0.3 is 0 Å². The molecule has 0 aliphatic carbocycles. The quantitative estimate of drug-likeness (QED) is 0.780. The van der Waals surface area contributed by atoms with Gasteiger partial charge in [-0.3, -0.25) is 4.90 Å². The van der Waals surface area contributed by atoms with E-state index in [-0.39, 0.29) is 11.6 Å². The molecular formula is C14H30N2O2. The molecule has 4 heteroatoms. The summed E-state index contributed by atoms with van der Waals surface area (Å²) in [7, 11) is 3.50. The molecule has 1 N–H and O–H groups in total. The van der Waals surface area contributed by atoms with Gasteiger partial charge in [0, 0.05) is 45.4 Å². The highest BCUT2D eigenvalue weighted by Gasteiger charge is 2.34. The first-order chi connectivity index (χ1) is 8.39. The zero-order valence-corrected chi connectivity index (χ0v) is 12.8. The van der Waals surface area contributed by atoms with Crippen molar-refractivity contribution < 1.29 is 9.47 Å². The molecule has 0 aromatic carbocycles. The molecule has 0 saturated carbocycles. The van der Waals surface area contributed by atoms with Gasteiger partial charge in [0.05, 0.1) is 12.7 Å². The molecule has 0 radical (unpaired) electrons. The normalized spacial score (nSPS) is 26.5. The summed E-state index contributed by atoms with van der Waals surface area (Å²) in [6.07, 6.45) is 0.158. The van der Waals surface area contributed by atoms with Gasteiger partial charge in [0.1, 0.15) is 0 Å². The minimum Gasteiger partial charge on any atom is -0.382 e.